The fourth-order valence-electron chi connectivity index (χ4n) is 1.66. The Labute approximate surface area is 101 Å². The summed E-state index contributed by atoms with van der Waals surface area (Å²) in [6, 6.07) is 2.71. The van der Waals surface area contributed by atoms with Gasteiger partial charge < -0.3 is 9.73 Å². The molecule has 0 amide bonds. The van der Waals surface area contributed by atoms with E-state index < -0.39 is 0 Å². The fraction of sp³-hybridized carbons (Fsp3) is 0.600. The molecule has 4 heteroatoms. The number of rotatable bonds is 4. The Morgan fingerprint density at radius 3 is 2.86 bits per heavy atom. The second kappa shape index (κ2) is 4.37. The van der Waals surface area contributed by atoms with Gasteiger partial charge in [0, 0.05) is 6.04 Å². The molecule has 0 radical (unpaired) electrons. The van der Waals surface area contributed by atoms with Gasteiger partial charge >= 0.3 is 0 Å². The van der Waals surface area contributed by atoms with Crippen LogP contribution in [0.1, 0.15) is 25.5 Å². The fourth-order valence-corrected chi connectivity index (χ4v) is 2.32. The van der Waals surface area contributed by atoms with Gasteiger partial charge in [0.05, 0.1) is 11.0 Å². The summed E-state index contributed by atoms with van der Waals surface area (Å²) in [7, 11) is 0. The monoisotopic (exact) mass is 321 g/mol. The molecular formula is C10H13Br2NO. The van der Waals surface area contributed by atoms with Gasteiger partial charge in [0.1, 0.15) is 5.76 Å². The Hall–Kier alpha value is 0.200. The topological polar surface area (TPSA) is 25.2 Å². The molecule has 78 valence electrons. The summed E-state index contributed by atoms with van der Waals surface area (Å²) in [5, 5.41) is 3.48. The van der Waals surface area contributed by atoms with Crippen LogP contribution in [0.3, 0.4) is 0 Å². The second-order valence-corrected chi connectivity index (χ2v) is 5.30. The summed E-state index contributed by atoms with van der Waals surface area (Å²) in [5.41, 5.74) is 0. The quantitative estimate of drug-likeness (QED) is 0.914. The maximum atomic E-state index is 5.47. The molecule has 0 bridgehead atoms. The van der Waals surface area contributed by atoms with Crippen molar-refractivity contribution in [2.24, 2.45) is 5.92 Å². The Kier molecular flexibility index (Phi) is 3.34. The molecule has 1 fully saturated rings. The maximum Gasteiger partial charge on any atom is 0.183 e. The van der Waals surface area contributed by atoms with Crippen molar-refractivity contribution >= 4 is 31.9 Å². The molecule has 1 aliphatic carbocycles. The number of furan rings is 1. The Morgan fingerprint density at radius 2 is 2.36 bits per heavy atom. The van der Waals surface area contributed by atoms with Crippen molar-refractivity contribution in [1.29, 1.82) is 0 Å². The molecule has 1 saturated carbocycles. The molecule has 2 rings (SSSR count). The number of nitrogens with one attached hydrogen (secondary N) is 1. The molecule has 0 aliphatic heterocycles. The lowest BCUT2D eigenvalue weighted by Gasteiger charge is -1.99. The van der Waals surface area contributed by atoms with Crippen LogP contribution >= 0.6 is 31.9 Å². The summed E-state index contributed by atoms with van der Waals surface area (Å²) in [4.78, 5) is 0. The lowest BCUT2D eigenvalue weighted by Crippen LogP contribution is -2.16. The van der Waals surface area contributed by atoms with Gasteiger partial charge in [0.15, 0.2) is 4.67 Å². The molecule has 1 aliphatic rings. The predicted octanol–water partition coefficient (Wildman–Crippen LogP) is 3.69. The molecule has 1 aromatic rings. The van der Waals surface area contributed by atoms with Crippen LogP contribution in [0.15, 0.2) is 19.6 Å². The molecule has 2 atom stereocenters. The van der Waals surface area contributed by atoms with E-state index in [-0.39, 0.29) is 0 Å². The van der Waals surface area contributed by atoms with Crippen molar-refractivity contribution in [2.75, 3.05) is 0 Å². The van der Waals surface area contributed by atoms with Crippen LogP contribution in [0.25, 0.3) is 0 Å². The minimum atomic E-state index is 0.711. The first-order chi connectivity index (χ1) is 6.70. The lowest BCUT2D eigenvalue weighted by molar-refractivity contribution is 0.459. The van der Waals surface area contributed by atoms with Crippen LogP contribution in [-0.4, -0.2) is 6.04 Å². The normalized spacial score (nSPS) is 25.4. The first-order valence-corrected chi connectivity index (χ1v) is 6.46. The number of halogens is 2. The zero-order chi connectivity index (χ0) is 10.1. The molecule has 0 saturated heterocycles. The summed E-state index contributed by atoms with van der Waals surface area (Å²) in [6.45, 7) is 3.07. The Bertz CT molecular complexity index is 304. The van der Waals surface area contributed by atoms with E-state index in [4.69, 9.17) is 4.42 Å². The first-order valence-electron chi connectivity index (χ1n) is 4.87. The predicted molar refractivity (Wildman–Crippen MR) is 63.1 cm³/mol. The van der Waals surface area contributed by atoms with E-state index in [2.05, 4.69) is 44.1 Å². The van der Waals surface area contributed by atoms with Crippen LogP contribution in [0.5, 0.6) is 0 Å². The maximum absolute atomic E-state index is 5.47. The third-order valence-electron chi connectivity index (χ3n) is 2.68. The number of hydrogen-bond donors (Lipinski definition) is 1. The van der Waals surface area contributed by atoms with Crippen LogP contribution in [0.2, 0.25) is 0 Å². The van der Waals surface area contributed by atoms with E-state index in [9.17, 15) is 0 Å². The van der Waals surface area contributed by atoms with Crippen molar-refractivity contribution in [1.82, 2.24) is 5.32 Å². The van der Waals surface area contributed by atoms with Gasteiger partial charge in [-0.25, -0.2) is 0 Å². The van der Waals surface area contributed by atoms with Crippen molar-refractivity contribution in [3.05, 3.63) is 21.0 Å². The van der Waals surface area contributed by atoms with E-state index in [1.165, 1.54) is 12.8 Å². The van der Waals surface area contributed by atoms with Crippen LogP contribution in [-0.2, 0) is 6.54 Å². The highest BCUT2D eigenvalue weighted by Crippen LogP contribution is 2.34. The molecule has 2 unspecified atom stereocenters. The summed E-state index contributed by atoms with van der Waals surface area (Å²) >= 11 is 6.72. The van der Waals surface area contributed by atoms with Crippen molar-refractivity contribution < 1.29 is 4.42 Å². The third-order valence-corrected chi connectivity index (χ3v) is 4.39. The molecule has 1 N–H and O–H groups in total. The standard InChI is InChI=1S/C10H13Br2NO/c1-2-6-3-9(6)13-5-7-4-8(11)10(12)14-7/h4,6,9,13H,2-3,5H2,1H3. The first kappa shape index (κ1) is 10.7. The van der Waals surface area contributed by atoms with Crippen molar-refractivity contribution in [3.8, 4) is 0 Å². The van der Waals surface area contributed by atoms with Crippen LogP contribution in [0.4, 0.5) is 0 Å². The third kappa shape index (κ3) is 2.41. The highest BCUT2D eigenvalue weighted by atomic mass is 79.9. The molecule has 1 heterocycles. The molecule has 14 heavy (non-hydrogen) atoms. The summed E-state index contributed by atoms with van der Waals surface area (Å²) < 4.78 is 7.23. The van der Waals surface area contributed by atoms with Gasteiger partial charge in [-0.1, -0.05) is 13.3 Å². The minimum absolute atomic E-state index is 0.711. The minimum Gasteiger partial charge on any atom is -0.452 e. The largest absolute Gasteiger partial charge is 0.452 e. The van der Waals surface area contributed by atoms with Gasteiger partial charge in [0.25, 0.3) is 0 Å². The average molecular weight is 323 g/mol. The second-order valence-electron chi connectivity index (χ2n) is 3.73. The molecule has 2 nitrogen and oxygen atoms in total. The van der Waals surface area contributed by atoms with Gasteiger partial charge in [-0.15, -0.1) is 0 Å². The Balaban J connectivity index is 1.81. The van der Waals surface area contributed by atoms with E-state index in [0.717, 1.165) is 27.4 Å². The summed E-state index contributed by atoms with van der Waals surface area (Å²) in [5.74, 6) is 1.86. The van der Waals surface area contributed by atoms with Gasteiger partial charge in [0.2, 0.25) is 0 Å². The van der Waals surface area contributed by atoms with E-state index >= 15 is 0 Å². The van der Waals surface area contributed by atoms with Crippen molar-refractivity contribution in [2.45, 2.75) is 32.4 Å². The zero-order valence-electron chi connectivity index (χ0n) is 8.02. The van der Waals surface area contributed by atoms with Crippen LogP contribution < -0.4 is 5.32 Å². The number of hydrogen-bond acceptors (Lipinski definition) is 2. The van der Waals surface area contributed by atoms with Crippen molar-refractivity contribution in [3.63, 3.8) is 0 Å². The molecule has 0 spiro atoms. The lowest BCUT2D eigenvalue weighted by atomic mass is 10.3. The van der Waals surface area contributed by atoms with Gasteiger partial charge in [-0.2, -0.15) is 0 Å². The van der Waals surface area contributed by atoms with Crippen LogP contribution in [0, 0.1) is 5.92 Å². The highest BCUT2D eigenvalue weighted by Gasteiger charge is 2.34. The molecular weight excluding hydrogens is 310 g/mol. The van der Waals surface area contributed by atoms with Gasteiger partial charge in [-0.05, 0) is 50.3 Å². The summed E-state index contributed by atoms with van der Waals surface area (Å²) in [6.07, 6.45) is 2.60. The SMILES string of the molecule is CCC1CC1NCc1cc(Br)c(Br)o1. The Morgan fingerprint density at radius 1 is 1.57 bits per heavy atom. The van der Waals surface area contributed by atoms with E-state index in [1.807, 2.05) is 6.07 Å². The zero-order valence-corrected chi connectivity index (χ0v) is 11.2. The van der Waals surface area contributed by atoms with Gasteiger partial charge in [-0.3, -0.25) is 0 Å². The smallest absolute Gasteiger partial charge is 0.183 e. The van der Waals surface area contributed by atoms with E-state index in [0.29, 0.717) is 6.04 Å². The highest BCUT2D eigenvalue weighted by molar-refractivity contribution is 9.13. The molecule has 0 aromatic carbocycles. The van der Waals surface area contributed by atoms with E-state index in [1.54, 1.807) is 0 Å². The average Bonchev–Trinajstić information content (AvgIpc) is 2.85. The molecule has 1 aromatic heterocycles.